The number of benzene rings is 2. The van der Waals surface area contributed by atoms with Crippen molar-refractivity contribution in [2.45, 2.75) is 52.2 Å². The van der Waals surface area contributed by atoms with Gasteiger partial charge in [0.2, 0.25) is 0 Å². The van der Waals surface area contributed by atoms with E-state index in [1.807, 2.05) is 6.92 Å². The summed E-state index contributed by atoms with van der Waals surface area (Å²) in [6.45, 7) is 8.76. The van der Waals surface area contributed by atoms with E-state index < -0.39 is 0 Å². The Bertz CT molecular complexity index is 984. The standard InChI is InChI=1S/C26H31NO2/c1-16-10-20-14-21(15-29-19(4)13-18(3)28)26(20)23(11-16)25-12-17(2)22-8-6-7-9-24(22)27(25)5/h6-13,19,21,25,28H,14-15H2,1-5H3/b18-13-. The van der Waals surface area contributed by atoms with Crippen molar-refractivity contribution < 1.29 is 9.84 Å². The molecule has 0 saturated heterocycles. The maximum Gasteiger partial charge on any atom is 0.0877 e. The molecule has 3 nitrogen and oxygen atoms in total. The molecule has 1 aliphatic heterocycles. The molecule has 0 amide bonds. The van der Waals surface area contributed by atoms with Gasteiger partial charge >= 0.3 is 0 Å². The SMILES string of the molecule is CC1=CC(c2cc(C)cc3c2C(COC(C)/C=C(/C)O)C3)N(C)c2ccccc21. The van der Waals surface area contributed by atoms with Gasteiger partial charge in [-0.3, -0.25) is 0 Å². The molecule has 1 aliphatic carbocycles. The predicted octanol–water partition coefficient (Wildman–Crippen LogP) is 6.10. The summed E-state index contributed by atoms with van der Waals surface area (Å²) in [5.74, 6) is 0.723. The largest absolute Gasteiger partial charge is 0.513 e. The molecule has 1 heterocycles. The van der Waals surface area contributed by atoms with Gasteiger partial charge in [0.1, 0.15) is 0 Å². The number of aliphatic hydroxyl groups is 1. The van der Waals surface area contributed by atoms with E-state index >= 15 is 0 Å². The fourth-order valence-corrected chi connectivity index (χ4v) is 4.85. The van der Waals surface area contributed by atoms with Crippen LogP contribution in [0.15, 0.2) is 54.3 Å². The third kappa shape index (κ3) is 3.72. The molecule has 0 spiro atoms. The third-order valence-electron chi connectivity index (χ3n) is 6.21. The lowest BCUT2D eigenvalue weighted by atomic mass is 9.72. The number of aryl methyl sites for hydroxylation is 1. The van der Waals surface area contributed by atoms with Gasteiger partial charge in [0.15, 0.2) is 0 Å². The number of hydrogen-bond acceptors (Lipinski definition) is 3. The van der Waals surface area contributed by atoms with Crippen LogP contribution in [-0.2, 0) is 11.2 Å². The highest BCUT2D eigenvalue weighted by Gasteiger charge is 2.34. The molecule has 0 fully saturated rings. The summed E-state index contributed by atoms with van der Waals surface area (Å²) in [5.41, 5.74) is 9.57. The maximum atomic E-state index is 9.47. The molecule has 152 valence electrons. The predicted molar refractivity (Wildman–Crippen MR) is 121 cm³/mol. The van der Waals surface area contributed by atoms with Crippen LogP contribution in [0.3, 0.4) is 0 Å². The van der Waals surface area contributed by atoms with E-state index in [1.54, 1.807) is 13.0 Å². The van der Waals surface area contributed by atoms with E-state index in [4.69, 9.17) is 4.74 Å². The minimum atomic E-state index is -0.0793. The smallest absolute Gasteiger partial charge is 0.0877 e. The van der Waals surface area contributed by atoms with Gasteiger partial charge in [-0.05, 0) is 68.5 Å². The number of ether oxygens (including phenoxy) is 1. The van der Waals surface area contributed by atoms with Crippen LogP contribution in [0.1, 0.15) is 60.5 Å². The Hall–Kier alpha value is -2.52. The van der Waals surface area contributed by atoms with E-state index in [1.165, 1.54) is 39.1 Å². The van der Waals surface area contributed by atoms with Crippen LogP contribution in [0.25, 0.3) is 5.57 Å². The number of likely N-dealkylation sites (N-methyl/N-ethyl adjacent to an activating group) is 1. The lowest BCUT2D eigenvalue weighted by Crippen LogP contribution is -2.32. The normalized spacial score (nSPS) is 21.8. The highest BCUT2D eigenvalue weighted by molar-refractivity contribution is 5.80. The Morgan fingerprint density at radius 1 is 1.28 bits per heavy atom. The van der Waals surface area contributed by atoms with E-state index in [9.17, 15) is 5.11 Å². The summed E-state index contributed by atoms with van der Waals surface area (Å²) in [5, 5.41) is 9.47. The minimum Gasteiger partial charge on any atom is -0.513 e. The summed E-state index contributed by atoms with van der Waals surface area (Å²) in [4.78, 5) is 2.40. The first-order valence-corrected chi connectivity index (χ1v) is 10.5. The third-order valence-corrected chi connectivity index (χ3v) is 6.21. The first-order valence-electron chi connectivity index (χ1n) is 10.5. The van der Waals surface area contributed by atoms with Crippen molar-refractivity contribution in [3.05, 3.63) is 82.1 Å². The van der Waals surface area contributed by atoms with Crippen molar-refractivity contribution in [1.82, 2.24) is 0 Å². The van der Waals surface area contributed by atoms with E-state index in [-0.39, 0.29) is 12.1 Å². The molecule has 1 N–H and O–H groups in total. The number of fused-ring (bicyclic) bond motifs is 2. The van der Waals surface area contributed by atoms with Crippen molar-refractivity contribution in [3.63, 3.8) is 0 Å². The first kappa shape index (κ1) is 19.8. The molecule has 2 aliphatic rings. The van der Waals surface area contributed by atoms with Crippen LogP contribution in [-0.4, -0.2) is 24.9 Å². The van der Waals surface area contributed by atoms with Gasteiger partial charge in [0.05, 0.1) is 24.5 Å². The Labute approximate surface area is 174 Å². The van der Waals surface area contributed by atoms with Gasteiger partial charge < -0.3 is 14.7 Å². The van der Waals surface area contributed by atoms with Gasteiger partial charge in [-0.25, -0.2) is 0 Å². The number of rotatable bonds is 5. The molecule has 2 aromatic rings. The monoisotopic (exact) mass is 389 g/mol. The lowest BCUT2D eigenvalue weighted by molar-refractivity contribution is 0.0782. The number of allylic oxidation sites excluding steroid dienone is 2. The molecule has 0 aromatic heterocycles. The van der Waals surface area contributed by atoms with Crippen LogP contribution in [0.4, 0.5) is 5.69 Å². The van der Waals surface area contributed by atoms with Gasteiger partial charge in [-0.15, -0.1) is 0 Å². The highest BCUT2D eigenvalue weighted by Crippen LogP contribution is 2.46. The summed E-state index contributed by atoms with van der Waals surface area (Å²) < 4.78 is 6.02. The number of aliphatic hydroxyl groups excluding tert-OH is 1. The van der Waals surface area contributed by atoms with E-state index in [0.717, 1.165) is 6.42 Å². The van der Waals surface area contributed by atoms with Gasteiger partial charge in [0.25, 0.3) is 0 Å². The van der Waals surface area contributed by atoms with Gasteiger partial charge in [-0.1, -0.05) is 42.0 Å². The highest BCUT2D eigenvalue weighted by atomic mass is 16.5. The second-order valence-corrected chi connectivity index (χ2v) is 8.60. The zero-order valence-electron chi connectivity index (χ0n) is 18.1. The summed E-state index contributed by atoms with van der Waals surface area (Å²) in [6, 6.07) is 13.6. The molecule has 29 heavy (non-hydrogen) atoms. The molecule has 3 unspecified atom stereocenters. The van der Waals surface area contributed by atoms with Crippen LogP contribution >= 0.6 is 0 Å². The van der Waals surface area contributed by atoms with Crippen LogP contribution in [0.5, 0.6) is 0 Å². The molecular formula is C26H31NO2. The fourth-order valence-electron chi connectivity index (χ4n) is 4.85. The van der Waals surface area contributed by atoms with Gasteiger partial charge in [0, 0.05) is 24.2 Å². The molecule has 0 radical (unpaired) electrons. The average Bonchev–Trinajstić information content (AvgIpc) is 2.65. The first-order chi connectivity index (χ1) is 13.8. The molecule has 2 aromatic carbocycles. The van der Waals surface area contributed by atoms with Crippen LogP contribution < -0.4 is 4.90 Å². The zero-order chi connectivity index (χ0) is 20.7. The van der Waals surface area contributed by atoms with Crippen molar-refractivity contribution in [2.75, 3.05) is 18.6 Å². The van der Waals surface area contributed by atoms with Crippen molar-refractivity contribution in [1.29, 1.82) is 0 Å². The Morgan fingerprint density at radius 3 is 2.79 bits per heavy atom. The second-order valence-electron chi connectivity index (χ2n) is 8.60. The molecule has 3 atom stereocenters. The lowest BCUT2D eigenvalue weighted by Gasteiger charge is -2.40. The summed E-state index contributed by atoms with van der Waals surface area (Å²) >= 11 is 0. The van der Waals surface area contributed by atoms with Crippen LogP contribution in [0, 0.1) is 6.92 Å². The van der Waals surface area contributed by atoms with Crippen molar-refractivity contribution >= 4 is 11.3 Å². The van der Waals surface area contributed by atoms with E-state index in [2.05, 4.69) is 68.3 Å². The second kappa shape index (κ2) is 7.72. The average molecular weight is 390 g/mol. The van der Waals surface area contributed by atoms with Crippen LogP contribution in [0.2, 0.25) is 0 Å². The van der Waals surface area contributed by atoms with E-state index in [0.29, 0.717) is 18.3 Å². The quantitative estimate of drug-likeness (QED) is 0.628. The Balaban J connectivity index is 1.65. The van der Waals surface area contributed by atoms with Crippen molar-refractivity contribution in [3.8, 4) is 0 Å². The minimum absolute atomic E-state index is 0.0793. The topological polar surface area (TPSA) is 32.7 Å². The molecule has 0 saturated carbocycles. The fraction of sp³-hybridized carbons (Fsp3) is 0.385. The molecule has 3 heteroatoms. The Kier molecular flexibility index (Phi) is 5.26. The maximum absolute atomic E-state index is 9.47. The summed E-state index contributed by atoms with van der Waals surface area (Å²) in [7, 11) is 2.20. The number of nitrogens with zero attached hydrogens (tertiary/aromatic N) is 1. The number of hydrogen-bond donors (Lipinski definition) is 1. The summed E-state index contributed by atoms with van der Waals surface area (Å²) in [6.07, 6.45) is 5.14. The number of anilines is 1. The molecule has 4 rings (SSSR count). The van der Waals surface area contributed by atoms with Crippen molar-refractivity contribution in [2.24, 2.45) is 0 Å². The zero-order valence-corrected chi connectivity index (χ0v) is 18.1. The van der Waals surface area contributed by atoms with Gasteiger partial charge in [-0.2, -0.15) is 0 Å². The number of para-hydroxylation sites is 1. The Morgan fingerprint density at radius 2 is 2.03 bits per heavy atom. The molecule has 0 bridgehead atoms. The molecular weight excluding hydrogens is 358 g/mol.